The van der Waals surface area contributed by atoms with E-state index in [-0.39, 0.29) is 23.4 Å². The first-order valence-electron chi connectivity index (χ1n) is 9.18. The Hall–Kier alpha value is -0.723. The molecule has 1 aromatic rings. The summed E-state index contributed by atoms with van der Waals surface area (Å²) >= 11 is 0. The second kappa shape index (κ2) is 8.78. The molecule has 1 saturated heterocycles. The van der Waals surface area contributed by atoms with Crippen LogP contribution in [0.5, 0.6) is 0 Å². The molecule has 4 nitrogen and oxygen atoms in total. The fourth-order valence-electron chi connectivity index (χ4n) is 2.78. The van der Waals surface area contributed by atoms with Crippen LogP contribution in [0, 0.1) is 0 Å². The molecule has 25 heavy (non-hydrogen) atoms. The fraction of sp³-hybridized carbons (Fsp3) is 0.700. The maximum Gasteiger partial charge on any atom is 0.192 e. The van der Waals surface area contributed by atoms with Gasteiger partial charge in [-0.15, -0.1) is 0 Å². The van der Waals surface area contributed by atoms with Gasteiger partial charge in [-0.05, 0) is 23.7 Å². The highest BCUT2D eigenvalue weighted by Gasteiger charge is 2.39. The molecule has 0 radical (unpaired) electrons. The number of methoxy groups -OCH3 is 1. The minimum atomic E-state index is -1.78. The van der Waals surface area contributed by atoms with E-state index in [0.29, 0.717) is 13.4 Å². The highest BCUT2D eigenvalue weighted by atomic mass is 28.4. The van der Waals surface area contributed by atoms with Crippen molar-refractivity contribution in [2.45, 2.75) is 70.1 Å². The van der Waals surface area contributed by atoms with Gasteiger partial charge in [-0.1, -0.05) is 51.1 Å². The third kappa shape index (κ3) is 5.90. The van der Waals surface area contributed by atoms with E-state index in [1.165, 1.54) is 5.56 Å². The van der Waals surface area contributed by atoms with Gasteiger partial charge in [0.15, 0.2) is 8.32 Å². The zero-order valence-corrected chi connectivity index (χ0v) is 17.6. The molecule has 1 aliphatic rings. The quantitative estimate of drug-likeness (QED) is 0.507. The molecule has 0 N–H and O–H groups in total. The fourth-order valence-corrected chi connectivity index (χ4v) is 3.82. The first kappa shape index (κ1) is 20.6. The molecule has 0 aromatic heterocycles. The number of benzene rings is 1. The lowest BCUT2D eigenvalue weighted by Gasteiger charge is -2.40. The molecule has 0 spiro atoms. The molecule has 1 fully saturated rings. The molecular formula is C20H34O4Si. The number of hydrogen-bond acceptors (Lipinski definition) is 4. The summed E-state index contributed by atoms with van der Waals surface area (Å²) in [6.07, 6.45) is 1.93. The van der Waals surface area contributed by atoms with Crippen molar-refractivity contribution < 1.29 is 18.6 Å². The van der Waals surface area contributed by atoms with E-state index in [0.717, 1.165) is 12.8 Å². The van der Waals surface area contributed by atoms with Crippen LogP contribution in [-0.4, -0.2) is 41.0 Å². The Balaban J connectivity index is 2.03. The minimum Gasteiger partial charge on any atom is -0.414 e. The van der Waals surface area contributed by atoms with Gasteiger partial charge in [0.2, 0.25) is 0 Å². The molecule has 0 bridgehead atoms. The van der Waals surface area contributed by atoms with Crippen LogP contribution >= 0.6 is 0 Å². The average molecular weight is 367 g/mol. The Morgan fingerprint density at radius 2 is 1.80 bits per heavy atom. The maximum atomic E-state index is 6.40. The minimum absolute atomic E-state index is 0.0461. The van der Waals surface area contributed by atoms with Gasteiger partial charge in [0, 0.05) is 20.0 Å². The van der Waals surface area contributed by atoms with Gasteiger partial charge in [0.05, 0.1) is 24.9 Å². The third-order valence-electron chi connectivity index (χ3n) is 5.39. The second-order valence-corrected chi connectivity index (χ2v) is 13.2. The van der Waals surface area contributed by atoms with Gasteiger partial charge in [0.1, 0.15) is 6.79 Å². The molecule has 5 heteroatoms. The second-order valence-electron chi connectivity index (χ2n) is 8.40. The van der Waals surface area contributed by atoms with Crippen molar-refractivity contribution in [1.29, 1.82) is 0 Å². The van der Waals surface area contributed by atoms with Crippen LogP contribution < -0.4 is 0 Å². The van der Waals surface area contributed by atoms with E-state index >= 15 is 0 Å². The van der Waals surface area contributed by atoms with Gasteiger partial charge >= 0.3 is 0 Å². The monoisotopic (exact) mass is 366 g/mol. The molecule has 0 aliphatic carbocycles. The zero-order chi connectivity index (χ0) is 18.5. The zero-order valence-electron chi connectivity index (χ0n) is 16.6. The lowest BCUT2D eigenvalue weighted by atomic mass is 9.96. The topological polar surface area (TPSA) is 36.9 Å². The predicted octanol–water partition coefficient (Wildman–Crippen LogP) is 4.92. The Bertz CT molecular complexity index is 512. The van der Waals surface area contributed by atoms with Crippen molar-refractivity contribution in [2.24, 2.45) is 0 Å². The summed E-state index contributed by atoms with van der Waals surface area (Å²) in [5.74, 6) is 0. The summed E-state index contributed by atoms with van der Waals surface area (Å²) in [6, 6.07) is 10.4. The molecule has 142 valence electrons. The summed E-state index contributed by atoms with van der Waals surface area (Å²) in [5.41, 5.74) is 1.20. The first-order chi connectivity index (χ1) is 11.7. The Kier molecular flexibility index (Phi) is 7.23. The molecule has 0 amide bonds. The van der Waals surface area contributed by atoms with E-state index in [9.17, 15) is 0 Å². The number of ether oxygens (including phenoxy) is 3. The van der Waals surface area contributed by atoms with Gasteiger partial charge in [-0.25, -0.2) is 0 Å². The highest BCUT2D eigenvalue weighted by molar-refractivity contribution is 6.74. The Morgan fingerprint density at radius 3 is 2.40 bits per heavy atom. The van der Waals surface area contributed by atoms with Crippen molar-refractivity contribution in [3.05, 3.63) is 35.9 Å². The van der Waals surface area contributed by atoms with Gasteiger partial charge in [-0.3, -0.25) is 0 Å². The van der Waals surface area contributed by atoms with E-state index in [4.69, 9.17) is 18.6 Å². The van der Waals surface area contributed by atoms with E-state index in [1.54, 1.807) is 7.11 Å². The molecule has 0 unspecified atom stereocenters. The Morgan fingerprint density at radius 1 is 1.12 bits per heavy atom. The van der Waals surface area contributed by atoms with Crippen molar-refractivity contribution in [3.8, 4) is 0 Å². The standard InChI is InChI=1S/C20H34O4Si/c1-20(2,3)25(5,6)23-14-18-12-17(22-15-21-4)13-19(24-18)16-10-8-7-9-11-16/h7-11,17-19H,12-15H2,1-6H3/t17-,18+,19+/m1/s1. The summed E-state index contributed by atoms with van der Waals surface area (Å²) in [4.78, 5) is 0. The maximum absolute atomic E-state index is 6.40. The van der Waals surface area contributed by atoms with Crippen molar-refractivity contribution in [1.82, 2.24) is 0 Å². The largest absolute Gasteiger partial charge is 0.414 e. The molecule has 2 rings (SSSR count). The van der Waals surface area contributed by atoms with Crippen molar-refractivity contribution in [3.63, 3.8) is 0 Å². The average Bonchev–Trinajstić information content (AvgIpc) is 2.58. The molecular weight excluding hydrogens is 332 g/mol. The third-order valence-corrected chi connectivity index (χ3v) is 9.89. The van der Waals surface area contributed by atoms with Crippen LogP contribution in [0.3, 0.4) is 0 Å². The molecule has 1 heterocycles. The summed E-state index contributed by atoms with van der Waals surface area (Å²) in [5, 5.41) is 0.201. The lowest BCUT2D eigenvalue weighted by molar-refractivity contribution is -0.156. The molecule has 3 atom stereocenters. The molecule has 0 saturated carbocycles. The normalized spacial score (nSPS) is 25.1. The molecule has 1 aromatic carbocycles. The summed E-state index contributed by atoms with van der Waals surface area (Å²) in [6.45, 7) is 12.3. The van der Waals surface area contributed by atoms with Crippen LogP contribution in [0.1, 0.15) is 45.3 Å². The smallest absolute Gasteiger partial charge is 0.192 e. The van der Waals surface area contributed by atoms with Gasteiger partial charge in [0.25, 0.3) is 0 Å². The van der Waals surface area contributed by atoms with Crippen LogP contribution in [0.2, 0.25) is 18.1 Å². The summed E-state index contributed by atoms with van der Waals surface area (Å²) in [7, 11) is -0.124. The van der Waals surface area contributed by atoms with E-state index in [2.05, 4.69) is 58.1 Å². The van der Waals surface area contributed by atoms with Crippen LogP contribution in [0.25, 0.3) is 0 Å². The first-order valence-corrected chi connectivity index (χ1v) is 12.1. The SMILES string of the molecule is COCO[C@@H]1C[C@@H](CO[Si](C)(C)C(C)(C)C)O[C@H](c2ccccc2)C1. The highest BCUT2D eigenvalue weighted by Crippen LogP contribution is 2.38. The van der Waals surface area contributed by atoms with Crippen LogP contribution in [-0.2, 0) is 18.6 Å². The predicted molar refractivity (Wildman–Crippen MR) is 103 cm³/mol. The molecule has 1 aliphatic heterocycles. The Labute approximate surface area is 153 Å². The van der Waals surface area contributed by atoms with Gasteiger partial charge < -0.3 is 18.6 Å². The lowest BCUT2D eigenvalue weighted by Crippen LogP contribution is -2.44. The number of hydrogen-bond donors (Lipinski definition) is 0. The van der Waals surface area contributed by atoms with E-state index < -0.39 is 8.32 Å². The summed E-state index contributed by atoms with van der Waals surface area (Å²) < 4.78 is 23.7. The van der Waals surface area contributed by atoms with E-state index in [1.807, 2.05) is 6.07 Å². The number of rotatable bonds is 7. The van der Waals surface area contributed by atoms with Crippen LogP contribution in [0.4, 0.5) is 0 Å². The van der Waals surface area contributed by atoms with Crippen molar-refractivity contribution in [2.75, 3.05) is 20.5 Å². The van der Waals surface area contributed by atoms with Gasteiger partial charge in [-0.2, -0.15) is 0 Å². The van der Waals surface area contributed by atoms with Crippen molar-refractivity contribution >= 4 is 8.32 Å². The van der Waals surface area contributed by atoms with Crippen LogP contribution in [0.15, 0.2) is 30.3 Å².